The maximum Gasteiger partial charge on any atom is 0.00466 e. The van der Waals surface area contributed by atoms with E-state index in [4.69, 9.17) is 0 Å². The Morgan fingerprint density at radius 2 is 2.23 bits per heavy atom. The van der Waals surface area contributed by atoms with Crippen LogP contribution in [0.5, 0.6) is 0 Å². The van der Waals surface area contributed by atoms with Crippen molar-refractivity contribution < 1.29 is 0 Å². The summed E-state index contributed by atoms with van der Waals surface area (Å²) in [7, 11) is 0. The summed E-state index contributed by atoms with van der Waals surface area (Å²) in [4.78, 5) is 0. The lowest BCUT2D eigenvalue weighted by Crippen LogP contribution is -2.34. The van der Waals surface area contributed by atoms with Crippen LogP contribution in [0.3, 0.4) is 0 Å². The summed E-state index contributed by atoms with van der Waals surface area (Å²) in [6.45, 7) is 5.81. The van der Waals surface area contributed by atoms with E-state index in [1.165, 1.54) is 43.7 Å². The minimum absolute atomic E-state index is 0.722. The van der Waals surface area contributed by atoms with Gasteiger partial charge in [0.25, 0.3) is 0 Å². The Kier molecular flexibility index (Phi) is 5.88. The van der Waals surface area contributed by atoms with E-state index in [1.54, 1.807) is 0 Å². The number of thioether (sulfide) groups is 1. The predicted molar refractivity (Wildman–Crippen MR) is 62.4 cm³/mol. The largest absolute Gasteiger partial charge is 0.314 e. The van der Waals surface area contributed by atoms with E-state index in [-0.39, 0.29) is 0 Å². The molecule has 1 N–H and O–H groups in total. The second-order valence-electron chi connectivity index (χ2n) is 4.09. The predicted octanol–water partition coefficient (Wildman–Crippen LogP) is 2.91. The first kappa shape index (κ1) is 11.4. The number of rotatable bonds is 7. The molecule has 78 valence electrons. The van der Waals surface area contributed by atoms with Gasteiger partial charge in [-0.05, 0) is 50.2 Å². The smallest absolute Gasteiger partial charge is 0.00466 e. The van der Waals surface area contributed by atoms with Gasteiger partial charge in [-0.15, -0.1) is 0 Å². The van der Waals surface area contributed by atoms with Crippen molar-refractivity contribution in [3.63, 3.8) is 0 Å². The summed E-state index contributed by atoms with van der Waals surface area (Å²) < 4.78 is 0. The summed E-state index contributed by atoms with van der Waals surface area (Å²) in [6.07, 6.45) is 5.71. The van der Waals surface area contributed by atoms with Crippen molar-refractivity contribution in [2.75, 3.05) is 18.1 Å². The quantitative estimate of drug-likeness (QED) is 0.636. The maximum atomic E-state index is 3.63. The molecule has 1 atom stereocenters. The molecule has 13 heavy (non-hydrogen) atoms. The van der Waals surface area contributed by atoms with Gasteiger partial charge in [0.2, 0.25) is 0 Å². The van der Waals surface area contributed by atoms with Gasteiger partial charge in [-0.25, -0.2) is 0 Å². The van der Waals surface area contributed by atoms with Gasteiger partial charge < -0.3 is 5.32 Å². The van der Waals surface area contributed by atoms with Gasteiger partial charge in [0.05, 0.1) is 0 Å². The molecule has 1 aliphatic carbocycles. The van der Waals surface area contributed by atoms with Gasteiger partial charge in [0.15, 0.2) is 0 Å². The lowest BCUT2D eigenvalue weighted by Gasteiger charge is -2.27. The Bertz CT molecular complexity index is 123. The minimum atomic E-state index is 0.722. The Hall–Kier alpha value is 0.310. The van der Waals surface area contributed by atoms with Crippen LogP contribution in [0.2, 0.25) is 0 Å². The lowest BCUT2D eigenvalue weighted by molar-refractivity contribution is 0.290. The fourth-order valence-corrected chi connectivity index (χ4v) is 2.38. The Balaban J connectivity index is 1.87. The van der Waals surface area contributed by atoms with Crippen LogP contribution in [0, 0.1) is 5.92 Å². The summed E-state index contributed by atoms with van der Waals surface area (Å²) in [5, 5.41) is 3.63. The van der Waals surface area contributed by atoms with Gasteiger partial charge in [-0.2, -0.15) is 11.8 Å². The molecule has 0 saturated heterocycles. The number of hydrogen-bond donors (Lipinski definition) is 1. The van der Waals surface area contributed by atoms with E-state index in [0.29, 0.717) is 0 Å². The molecule has 1 unspecified atom stereocenters. The molecule has 0 amide bonds. The van der Waals surface area contributed by atoms with Crippen molar-refractivity contribution in [2.24, 2.45) is 5.92 Å². The third-order valence-electron chi connectivity index (χ3n) is 2.88. The summed E-state index contributed by atoms with van der Waals surface area (Å²) in [5.74, 6) is 3.58. The normalized spacial score (nSPS) is 19.8. The Labute approximate surface area is 87.1 Å². The molecule has 1 saturated carbocycles. The van der Waals surface area contributed by atoms with Crippen LogP contribution < -0.4 is 5.32 Å². The third-order valence-corrected chi connectivity index (χ3v) is 3.81. The maximum absolute atomic E-state index is 3.63. The van der Waals surface area contributed by atoms with E-state index in [2.05, 4.69) is 30.9 Å². The highest BCUT2D eigenvalue weighted by atomic mass is 32.2. The Morgan fingerprint density at radius 3 is 2.77 bits per heavy atom. The molecule has 0 bridgehead atoms. The highest BCUT2D eigenvalue weighted by Crippen LogP contribution is 2.25. The lowest BCUT2D eigenvalue weighted by atomic mass is 9.85. The second kappa shape index (κ2) is 6.72. The molecule has 1 rings (SSSR count). The number of nitrogens with one attached hydrogen (secondary N) is 1. The first-order valence-corrected chi connectivity index (χ1v) is 6.79. The van der Waals surface area contributed by atoms with E-state index >= 15 is 0 Å². The van der Waals surface area contributed by atoms with Crippen LogP contribution in [0.15, 0.2) is 0 Å². The van der Waals surface area contributed by atoms with Crippen LogP contribution in [-0.4, -0.2) is 24.1 Å². The van der Waals surface area contributed by atoms with Gasteiger partial charge in [-0.1, -0.05) is 13.3 Å². The fraction of sp³-hybridized carbons (Fsp3) is 1.00. The highest BCUT2D eigenvalue weighted by Gasteiger charge is 2.17. The van der Waals surface area contributed by atoms with E-state index in [1.807, 2.05) is 0 Å². The van der Waals surface area contributed by atoms with Crippen molar-refractivity contribution in [1.82, 2.24) is 5.32 Å². The van der Waals surface area contributed by atoms with Gasteiger partial charge >= 0.3 is 0 Å². The monoisotopic (exact) mass is 201 g/mol. The van der Waals surface area contributed by atoms with E-state index < -0.39 is 0 Å². The SMILES string of the molecule is CCSCCC(C)NCC1CCC1. The first-order valence-electron chi connectivity index (χ1n) is 5.64. The van der Waals surface area contributed by atoms with Crippen molar-refractivity contribution >= 4 is 11.8 Å². The van der Waals surface area contributed by atoms with Crippen molar-refractivity contribution in [1.29, 1.82) is 0 Å². The highest BCUT2D eigenvalue weighted by molar-refractivity contribution is 7.99. The summed E-state index contributed by atoms with van der Waals surface area (Å²) in [6, 6.07) is 0.722. The molecule has 2 heteroatoms. The zero-order chi connectivity index (χ0) is 9.52. The van der Waals surface area contributed by atoms with Gasteiger partial charge in [0, 0.05) is 6.04 Å². The average Bonchev–Trinajstić information content (AvgIpc) is 2.02. The molecule has 0 aromatic rings. The zero-order valence-corrected chi connectivity index (χ0v) is 9.83. The van der Waals surface area contributed by atoms with Crippen LogP contribution >= 0.6 is 11.8 Å². The van der Waals surface area contributed by atoms with Crippen LogP contribution in [0.4, 0.5) is 0 Å². The molecule has 0 aliphatic heterocycles. The zero-order valence-electron chi connectivity index (χ0n) is 9.01. The molecular weight excluding hydrogens is 178 g/mol. The second-order valence-corrected chi connectivity index (χ2v) is 5.49. The molecule has 0 heterocycles. The summed E-state index contributed by atoms with van der Waals surface area (Å²) >= 11 is 2.05. The van der Waals surface area contributed by atoms with Gasteiger partial charge in [-0.3, -0.25) is 0 Å². The Morgan fingerprint density at radius 1 is 1.46 bits per heavy atom. The van der Waals surface area contributed by atoms with Gasteiger partial charge in [0.1, 0.15) is 0 Å². The van der Waals surface area contributed by atoms with Crippen LogP contribution in [0.1, 0.15) is 39.5 Å². The molecule has 1 aliphatic rings. The minimum Gasteiger partial charge on any atom is -0.314 e. The van der Waals surface area contributed by atoms with Crippen molar-refractivity contribution in [3.05, 3.63) is 0 Å². The molecule has 0 radical (unpaired) electrons. The summed E-state index contributed by atoms with van der Waals surface area (Å²) in [5.41, 5.74) is 0. The van der Waals surface area contributed by atoms with Crippen LogP contribution in [-0.2, 0) is 0 Å². The first-order chi connectivity index (χ1) is 6.33. The standard InChI is InChI=1S/C11H23NS/c1-3-13-8-7-10(2)12-9-11-5-4-6-11/h10-12H,3-9H2,1-2H3. The fourth-order valence-electron chi connectivity index (χ4n) is 1.57. The van der Waals surface area contributed by atoms with Crippen LogP contribution in [0.25, 0.3) is 0 Å². The molecule has 1 fully saturated rings. The topological polar surface area (TPSA) is 12.0 Å². The molecule has 0 aromatic heterocycles. The van der Waals surface area contributed by atoms with E-state index in [9.17, 15) is 0 Å². The molecule has 0 aromatic carbocycles. The molecular formula is C11H23NS. The molecule has 0 spiro atoms. The number of hydrogen-bond acceptors (Lipinski definition) is 2. The van der Waals surface area contributed by atoms with Crippen molar-refractivity contribution in [2.45, 2.75) is 45.6 Å². The third kappa shape index (κ3) is 4.92. The van der Waals surface area contributed by atoms with E-state index in [0.717, 1.165) is 12.0 Å². The van der Waals surface area contributed by atoms with Crippen molar-refractivity contribution in [3.8, 4) is 0 Å². The molecule has 1 nitrogen and oxygen atoms in total. The average molecular weight is 201 g/mol.